The lowest BCUT2D eigenvalue weighted by molar-refractivity contribution is -0.142. The van der Waals surface area contributed by atoms with E-state index in [1.165, 1.54) is 11.8 Å². The van der Waals surface area contributed by atoms with E-state index in [0.717, 1.165) is 0 Å². The zero-order valence-corrected chi connectivity index (χ0v) is 20.6. The highest BCUT2D eigenvalue weighted by atomic mass is 32.2. The van der Waals surface area contributed by atoms with Gasteiger partial charge in [-0.2, -0.15) is 24.4 Å². The van der Waals surface area contributed by atoms with Gasteiger partial charge in [0.1, 0.15) is 18.1 Å². The molecule has 12 N–H and O–H groups in total. The number of primary amides is 1. The third-order valence-corrected chi connectivity index (χ3v) is 5.39. The molecular formula is C18H34N8O6S2. The molecule has 0 spiro atoms. The van der Waals surface area contributed by atoms with Crippen molar-refractivity contribution in [1.29, 1.82) is 0 Å². The van der Waals surface area contributed by atoms with Gasteiger partial charge in [0.15, 0.2) is 5.96 Å². The number of hydrogen-bond acceptors (Lipinski definition) is 9. The lowest BCUT2D eigenvalue weighted by Crippen LogP contribution is -2.57. The molecule has 0 fully saturated rings. The molecule has 16 heteroatoms. The molecule has 0 aromatic heterocycles. The second-order valence-electron chi connectivity index (χ2n) is 7.21. The van der Waals surface area contributed by atoms with Crippen molar-refractivity contribution in [3.63, 3.8) is 0 Å². The number of carbonyl (C=O) groups excluding carboxylic acids is 4. The van der Waals surface area contributed by atoms with Gasteiger partial charge in [0.2, 0.25) is 23.6 Å². The minimum atomic E-state index is -1.28. The molecule has 0 heterocycles. The van der Waals surface area contributed by atoms with Gasteiger partial charge in [-0.05, 0) is 31.3 Å². The number of amides is 4. The van der Waals surface area contributed by atoms with Gasteiger partial charge in [0.05, 0.1) is 12.5 Å². The molecule has 0 aliphatic rings. The Kier molecular flexibility index (Phi) is 15.5. The Labute approximate surface area is 207 Å². The summed E-state index contributed by atoms with van der Waals surface area (Å²) in [6.45, 7) is 0.168. The van der Waals surface area contributed by atoms with Crippen molar-refractivity contribution in [3.8, 4) is 0 Å². The fourth-order valence-electron chi connectivity index (χ4n) is 2.59. The third-order valence-electron chi connectivity index (χ3n) is 4.38. The Morgan fingerprint density at radius 2 is 1.50 bits per heavy atom. The number of thioether (sulfide) groups is 1. The standard InChI is InChI=1S/C18H34N8O6S2/c1-34-6-4-11(17(31)32)25-16(30)12(8-33)26-15(29)10(3-2-5-23-18(21)22)24-14(28)9(19)7-13(20)27/h9-12,33H,2-8,19H2,1H3,(H2,20,27)(H,24,28)(H,25,30)(H,26,29)(H,31,32)(H4,21,22,23). The predicted molar refractivity (Wildman–Crippen MR) is 132 cm³/mol. The van der Waals surface area contributed by atoms with Crippen LogP contribution in [0, 0.1) is 0 Å². The highest BCUT2D eigenvalue weighted by molar-refractivity contribution is 7.98. The Morgan fingerprint density at radius 1 is 0.941 bits per heavy atom. The van der Waals surface area contributed by atoms with Gasteiger partial charge in [-0.15, -0.1) is 0 Å². The van der Waals surface area contributed by atoms with E-state index in [2.05, 4.69) is 33.6 Å². The van der Waals surface area contributed by atoms with E-state index in [4.69, 9.17) is 22.9 Å². The Hall–Kier alpha value is -2.72. The van der Waals surface area contributed by atoms with E-state index in [-0.39, 0.29) is 37.5 Å². The fourth-order valence-corrected chi connectivity index (χ4v) is 3.32. The normalized spacial score (nSPS) is 14.1. The van der Waals surface area contributed by atoms with Crippen LogP contribution in [0.4, 0.5) is 0 Å². The summed E-state index contributed by atoms with van der Waals surface area (Å²) < 4.78 is 0. The lowest BCUT2D eigenvalue weighted by Gasteiger charge is -2.24. The maximum atomic E-state index is 12.8. The van der Waals surface area contributed by atoms with Gasteiger partial charge in [-0.3, -0.25) is 24.2 Å². The number of aliphatic carboxylic acids is 1. The number of aliphatic imine (C=N–C) groups is 1. The first-order chi connectivity index (χ1) is 15.9. The molecule has 4 atom stereocenters. The summed E-state index contributed by atoms with van der Waals surface area (Å²) >= 11 is 5.48. The minimum Gasteiger partial charge on any atom is -0.480 e. The molecule has 0 radical (unpaired) electrons. The molecule has 0 aromatic carbocycles. The first-order valence-electron chi connectivity index (χ1n) is 10.3. The van der Waals surface area contributed by atoms with Crippen LogP contribution >= 0.6 is 24.4 Å². The van der Waals surface area contributed by atoms with Gasteiger partial charge in [0, 0.05) is 12.3 Å². The number of carbonyl (C=O) groups is 5. The number of carboxylic acids is 1. The van der Waals surface area contributed by atoms with Crippen molar-refractivity contribution >= 4 is 59.9 Å². The molecule has 194 valence electrons. The number of nitrogens with one attached hydrogen (secondary N) is 3. The number of thiol groups is 1. The summed E-state index contributed by atoms with van der Waals surface area (Å²) in [6, 6.07) is -4.74. The summed E-state index contributed by atoms with van der Waals surface area (Å²) in [5, 5.41) is 16.5. The van der Waals surface area contributed by atoms with E-state index in [1.54, 1.807) is 6.26 Å². The van der Waals surface area contributed by atoms with Crippen molar-refractivity contribution < 1.29 is 29.1 Å². The van der Waals surface area contributed by atoms with E-state index in [0.29, 0.717) is 5.75 Å². The number of nitrogens with two attached hydrogens (primary N) is 4. The van der Waals surface area contributed by atoms with Crippen molar-refractivity contribution in [2.75, 3.05) is 24.3 Å². The first-order valence-corrected chi connectivity index (χ1v) is 12.3. The van der Waals surface area contributed by atoms with E-state index in [9.17, 15) is 29.1 Å². The van der Waals surface area contributed by atoms with Gasteiger partial charge in [-0.25, -0.2) is 4.79 Å². The van der Waals surface area contributed by atoms with Crippen LogP contribution < -0.4 is 38.9 Å². The highest BCUT2D eigenvalue weighted by Crippen LogP contribution is 2.04. The average molecular weight is 523 g/mol. The van der Waals surface area contributed by atoms with Crippen LogP contribution in [-0.4, -0.2) is 89.1 Å². The maximum absolute atomic E-state index is 12.8. The summed E-state index contributed by atoms with van der Waals surface area (Å²) in [6.07, 6.45) is 1.92. The van der Waals surface area contributed by atoms with Crippen LogP contribution in [0.3, 0.4) is 0 Å². The van der Waals surface area contributed by atoms with E-state index >= 15 is 0 Å². The molecule has 14 nitrogen and oxygen atoms in total. The van der Waals surface area contributed by atoms with Gasteiger partial charge < -0.3 is 44.0 Å². The number of guanidine groups is 1. The molecule has 4 unspecified atom stereocenters. The Morgan fingerprint density at radius 3 is 2.00 bits per heavy atom. The molecule has 0 aromatic rings. The SMILES string of the molecule is CSCCC(NC(=O)C(CS)NC(=O)C(CCCN=C(N)N)NC(=O)C(N)CC(N)=O)C(=O)O. The third kappa shape index (κ3) is 13.1. The molecule has 0 aliphatic heterocycles. The molecule has 4 amide bonds. The van der Waals surface area contributed by atoms with Crippen LogP contribution in [0.1, 0.15) is 25.7 Å². The summed E-state index contributed by atoms with van der Waals surface area (Å²) in [4.78, 5) is 63.9. The monoisotopic (exact) mass is 522 g/mol. The Bertz CT molecular complexity index is 750. The summed E-state index contributed by atoms with van der Waals surface area (Å²) in [5.74, 6) is -4.06. The average Bonchev–Trinajstić information content (AvgIpc) is 2.75. The molecule has 0 saturated heterocycles. The fraction of sp³-hybridized carbons (Fsp3) is 0.667. The zero-order chi connectivity index (χ0) is 26.3. The van der Waals surface area contributed by atoms with E-state index < -0.39 is 60.2 Å². The smallest absolute Gasteiger partial charge is 0.326 e. The molecule has 0 rings (SSSR count). The molecule has 0 saturated carbocycles. The van der Waals surface area contributed by atoms with E-state index in [1.807, 2.05) is 0 Å². The quantitative estimate of drug-likeness (QED) is 0.0393. The van der Waals surface area contributed by atoms with Gasteiger partial charge in [0.25, 0.3) is 0 Å². The van der Waals surface area contributed by atoms with Crippen LogP contribution in [-0.2, 0) is 24.0 Å². The molecule has 0 aliphatic carbocycles. The number of rotatable bonds is 17. The summed E-state index contributed by atoms with van der Waals surface area (Å²) in [5.41, 5.74) is 21.2. The molecule has 0 bridgehead atoms. The van der Waals surface area contributed by atoms with Gasteiger partial charge >= 0.3 is 5.97 Å². The number of nitrogens with zero attached hydrogens (tertiary/aromatic N) is 1. The van der Waals surface area contributed by atoms with Crippen molar-refractivity contribution in [3.05, 3.63) is 0 Å². The van der Waals surface area contributed by atoms with Crippen LogP contribution in [0.15, 0.2) is 4.99 Å². The van der Waals surface area contributed by atoms with Crippen molar-refractivity contribution in [2.24, 2.45) is 27.9 Å². The van der Waals surface area contributed by atoms with Crippen LogP contribution in [0.2, 0.25) is 0 Å². The van der Waals surface area contributed by atoms with Gasteiger partial charge in [-0.1, -0.05) is 0 Å². The number of carboxylic acid groups (broad SMARTS) is 1. The molecular weight excluding hydrogens is 488 g/mol. The Balaban J connectivity index is 5.33. The van der Waals surface area contributed by atoms with Crippen LogP contribution in [0.5, 0.6) is 0 Å². The lowest BCUT2D eigenvalue weighted by atomic mass is 10.1. The largest absolute Gasteiger partial charge is 0.480 e. The second kappa shape index (κ2) is 16.8. The number of hydrogen-bond donors (Lipinski definition) is 9. The second-order valence-corrected chi connectivity index (χ2v) is 8.56. The zero-order valence-electron chi connectivity index (χ0n) is 18.9. The minimum absolute atomic E-state index is 0.0734. The molecule has 34 heavy (non-hydrogen) atoms. The summed E-state index contributed by atoms with van der Waals surface area (Å²) in [7, 11) is 0. The van der Waals surface area contributed by atoms with Crippen LogP contribution in [0.25, 0.3) is 0 Å². The van der Waals surface area contributed by atoms with Crippen molar-refractivity contribution in [2.45, 2.75) is 49.9 Å². The predicted octanol–water partition coefficient (Wildman–Crippen LogP) is -3.54. The topological polar surface area (TPSA) is 258 Å². The first kappa shape index (κ1) is 31.3. The highest BCUT2D eigenvalue weighted by Gasteiger charge is 2.29. The maximum Gasteiger partial charge on any atom is 0.326 e. The van der Waals surface area contributed by atoms with Crippen molar-refractivity contribution in [1.82, 2.24) is 16.0 Å².